The summed E-state index contributed by atoms with van der Waals surface area (Å²) in [5, 5.41) is 16.1. The zero-order valence-corrected chi connectivity index (χ0v) is 28.4. The first-order valence-corrected chi connectivity index (χ1v) is 17.1. The van der Waals surface area contributed by atoms with Crippen molar-refractivity contribution in [2.45, 2.75) is 32.2 Å². The Labute approximate surface area is 285 Å². The van der Waals surface area contributed by atoms with Gasteiger partial charge in [0.05, 0.1) is 42.0 Å². The summed E-state index contributed by atoms with van der Waals surface area (Å²) in [6, 6.07) is 10.6. The van der Waals surface area contributed by atoms with Gasteiger partial charge in [0.25, 0.3) is 5.91 Å². The van der Waals surface area contributed by atoms with E-state index in [9.17, 15) is 9.18 Å². The molecule has 0 atom stereocenters. The second-order valence-corrected chi connectivity index (χ2v) is 13.1. The fourth-order valence-corrected chi connectivity index (χ4v) is 7.19. The van der Waals surface area contributed by atoms with Crippen molar-refractivity contribution in [3.05, 3.63) is 71.9 Å². The van der Waals surface area contributed by atoms with Gasteiger partial charge in [0.15, 0.2) is 5.65 Å². The number of carbonyl (C=O) groups excluding carboxylic acids is 1. The molecule has 1 amide bonds. The molecule has 2 aliphatic heterocycles. The van der Waals surface area contributed by atoms with E-state index in [2.05, 4.69) is 47.4 Å². The van der Waals surface area contributed by atoms with E-state index in [4.69, 9.17) is 14.5 Å². The normalized spacial score (nSPS) is 17.2. The lowest BCUT2D eigenvalue weighted by atomic mass is 9.85. The lowest BCUT2D eigenvalue weighted by Crippen LogP contribution is -2.62. The summed E-state index contributed by atoms with van der Waals surface area (Å²) in [6.07, 6.45) is 7.06. The minimum Gasteiger partial charge on any atom is -0.492 e. The molecule has 12 nitrogen and oxygen atoms in total. The Morgan fingerprint density at radius 1 is 1.04 bits per heavy atom. The van der Waals surface area contributed by atoms with Crippen LogP contribution < -0.4 is 15.0 Å². The van der Waals surface area contributed by atoms with Gasteiger partial charge in [-0.1, -0.05) is 6.07 Å². The maximum atomic E-state index is 14.2. The molecule has 2 N–H and O–H groups in total. The highest BCUT2D eigenvalue weighted by atomic mass is 19.1. The van der Waals surface area contributed by atoms with Crippen molar-refractivity contribution >= 4 is 28.3 Å². The number of benzene rings is 1. The summed E-state index contributed by atoms with van der Waals surface area (Å²) >= 11 is 0. The Hall–Kier alpha value is -4.59. The molecule has 258 valence electrons. The molecule has 0 aliphatic carbocycles. The van der Waals surface area contributed by atoms with Crippen LogP contribution in [0.5, 0.6) is 5.75 Å². The van der Waals surface area contributed by atoms with Crippen LogP contribution in [0.4, 0.5) is 10.2 Å². The van der Waals surface area contributed by atoms with Crippen LogP contribution in [0.2, 0.25) is 0 Å². The first-order chi connectivity index (χ1) is 23.8. The number of carbonyl (C=O) groups is 1. The first kappa shape index (κ1) is 32.9. The Morgan fingerprint density at radius 3 is 2.57 bits per heavy atom. The van der Waals surface area contributed by atoms with Gasteiger partial charge in [-0.05, 0) is 62.6 Å². The summed E-state index contributed by atoms with van der Waals surface area (Å²) in [7, 11) is 1.73. The van der Waals surface area contributed by atoms with Gasteiger partial charge in [0.2, 0.25) is 0 Å². The SMILES string of the molecule is CCOc1cc(-c2ccc(N3CCC(CN4CCN(CCOC)CC4)(NC(=O)c4cc(F)ccc4C)CC3)nc2)c2c3cn[nH]c3nn2c1. The van der Waals surface area contributed by atoms with Crippen molar-refractivity contribution in [3.8, 4) is 16.9 Å². The summed E-state index contributed by atoms with van der Waals surface area (Å²) in [4.78, 5) is 25.7. The molecule has 5 aromatic rings. The lowest BCUT2D eigenvalue weighted by Gasteiger charge is -2.46. The maximum Gasteiger partial charge on any atom is 0.252 e. The van der Waals surface area contributed by atoms with Crippen LogP contribution in [0.15, 0.2) is 55.0 Å². The van der Waals surface area contributed by atoms with E-state index in [1.807, 2.05) is 36.8 Å². The van der Waals surface area contributed by atoms with Crippen molar-refractivity contribution in [1.82, 2.24) is 39.9 Å². The van der Waals surface area contributed by atoms with Crippen LogP contribution >= 0.6 is 0 Å². The maximum absolute atomic E-state index is 14.2. The van der Waals surface area contributed by atoms with E-state index in [1.54, 1.807) is 19.4 Å². The number of piperidine rings is 1. The third kappa shape index (κ3) is 6.96. The van der Waals surface area contributed by atoms with Crippen molar-refractivity contribution < 1.29 is 18.7 Å². The molecular weight excluding hydrogens is 625 g/mol. The van der Waals surface area contributed by atoms with E-state index in [-0.39, 0.29) is 5.91 Å². The van der Waals surface area contributed by atoms with Crippen LogP contribution in [0.25, 0.3) is 27.7 Å². The highest BCUT2D eigenvalue weighted by Gasteiger charge is 2.39. The van der Waals surface area contributed by atoms with E-state index in [0.29, 0.717) is 17.8 Å². The number of aryl methyl sites for hydroxylation is 1. The molecule has 0 bridgehead atoms. The summed E-state index contributed by atoms with van der Waals surface area (Å²) in [6.45, 7) is 12.0. The monoisotopic (exact) mass is 669 g/mol. The second kappa shape index (κ2) is 14.1. The minimum absolute atomic E-state index is 0.223. The van der Waals surface area contributed by atoms with Crippen molar-refractivity contribution in [2.24, 2.45) is 0 Å². The largest absolute Gasteiger partial charge is 0.492 e. The van der Waals surface area contributed by atoms with E-state index in [0.717, 1.165) is 111 Å². The van der Waals surface area contributed by atoms with Gasteiger partial charge in [-0.3, -0.25) is 19.7 Å². The summed E-state index contributed by atoms with van der Waals surface area (Å²) in [5.74, 6) is 0.981. The van der Waals surface area contributed by atoms with Gasteiger partial charge in [-0.2, -0.15) is 5.10 Å². The molecule has 49 heavy (non-hydrogen) atoms. The van der Waals surface area contributed by atoms with Gasteiger partial charge in [-0.25, -0.2) is 13.9 Å². The standard InChI is InChI=1S/C36H44FN9O3/c1-4-49-28-20-30(33-31-22-39-41-34(31)42-46(33)23-28)26-6-8-32(38-21-26)45-11-9-36(10-12-45,24-44-15-13-43(14-16-44)17-18-48-3)40-35(47)29-19-27(37)7-5-25(29)2/h5-8,19-23H,4,9-18,24H2,1-3H3,(H,40,47)(H,41,42). The Bertz CT molecular complexity index is 1910. The predicted octanol–water partition coefficient (Wildman–Crippen LogP) is 4.15. The number of nitrogens with zero attached hydrogens (tertiary/aromatic N) is 7. The average molecular weight is 670 g/mol. The number of nitrogens with one attached hydrogen (secondary N) is 2. The highest BCUT2D eigenvalue weighted by Crippen LogP contribution is 2.34. The average Bonchev–Trinajstić information content (AvgIpc) is 3.71. The number of aromatic amines is 1. The van der Waals surface area contributed by atoms with Gasteiger partial charge in [-0.15, -0.1) is 5.10 Å². The van der Waals surface area contributed by atoms with Crippen LogP contribution in [0.1, 0.15) is 35.7 Å². The third-order valence-electron chi connectivity index (χ3n) is 9.94. The van der Waals surface area contributed by atoms with Gasteiger partial charge in [0.1, 0.15) is 17.4 Å². The van der Waals surface area contributed by atoms with Gasteiger partial charge >= 0.3 is 0 Å². The molecule has 7 rings (SSSR count). The zero-order chi connectivity index (χ0) is 34.0. The number of piperazine rings is 1. The number of rotatable bonds is 11. The molecule has 0 unspecified atom stereocenters. The van der Waals surface area contributed by atoms with E-state index < -0.39 is 11.4 Å². The fraction of sp³-hybridized carbons (Fsp3) is 0.444. The highest BCUT2D eigenvalue weighted by molar-refractivity contribution is 6.01. The molecule has 0 radical (unpaired) electrons. The molecule has 0 saturated carbocycles. The van der Waals surface area contributed by atoms with Crippen molar-refractivity contribution in [1.29, 1.82) is 0 Å². The number of aromatic nitrogens is 5. The fourth-order valence-electron chi connectivity index (χ4n) is 7.19. The molecule has 2 saturated heterocycles. The van der Waals surface area contributed by atoms with E-state index in [1.165, 1.54) is 12.1 Å². The molecular formula is C36H44FN9O3. The van der Waals surface area contributed by atoms with E-state index >= 15 is 0 Å². The smallest absolute Gasteiger partial charge is 0.252 e. The molecule has 2 fully saturated rings. The van der Waals surface area contributed by atoms with Crippen LogP contribution in [0.3, 0.4) is 0 Å². The second-order valence-electron chi connectivity index (χ2n) is 13.1. The Kier molecular flexibility index (Phi) is 9.48. The quantitative estimate of drug-likeness (QED) is 0.214. The number of hydrogen-bond donors (Lipinski definition) is 2. The van der Waals surface area contributed by atoms with Crippen LogP contribution in [-0.2, 0) is 4.74 Å². The van der Waals surface area contributed by atoms with Gasteiger partial charge in [0, 0.05) is 82.4 Å². The zero-order valence-electron chi connectivity index (χ0n) is 28.4. The number of ether oxygens (including phenoxy) is 2. The number of anilines is 1. The topological polar surface area (TPSA) is 116 Å². The molecule has 13 heteroatoms. The Morgan fingerprint density at radius 2 is 1.84 bits per heavy atom. The number of fused-ring (bicyclic) bond motifs is 3. The summed E-state index contributed by atoms with van der Waals surface area (Å²) in [5.41, 5.74) is 4.26. The number of pyridine rings is 2. The number of H-pyrrole nitrogens is 1. The minimum atomic E-state index is -0.454. The molecule has 6 heterocycles. The van der Waals surface area contributed by atoms with Gasteiger partial charge < -0.3 is 19.7 Å². The van der Waals surface area contributed by atoms with Crippen LogP contribution in [-0.4, -0.2) is 119 Å². The first-order valence-electron chi connectivity index (χ1n) is 17.1. The number of amides is 1. The molecule has 1 aromatic carbocycles. The van der Waals surface area contributed by atoms with Crippen LogP contribution in [0, 0.1) is 12.7 Å². The van der Waals surface area contributed by atoms with Crippen molar-refractivity contribution in [2.75, 3.05) is 77.6 Å². The summed E-state index contributed by atoms with van der Waals surface area (Å²) < 4.78 is 27.2. The molecule has 4 aromatic heterocycles. The number of methoxy groups -OCH3 is 1. The molecule has 0 spiro atoms. The number of halogens is 1. The van der Waals surface area contributed by atoms with Crippen molar-refractivity contribution in [3.63, 3.8) is 0 Å². The Balaban J connectivity index is 1.09. The predicted molar refractivity (Wildman–Crippen MR) is 187 cm³/mol. The molecule has 2 aliphatic rings. The number of hydrogen-bond acceptors (Lipinski definition) is 9. The lowest BCUT2D eigenvalue weighted by molar-refractivity contribution is 0.0647. The third-order valence-corrected chi connectivity index (χ3v) is 9.94.